The molecule has 4 heteroatoms. The van der Waals surface area contributed by atoms with E-state index in [-0.39, 0.29) is 11.9 Å². The predicted octanol–water partition coefficient (Wildman–Crippen LogP) is 2.03. The largest absolute Gasteiger partial charge is 0.338 e. The van der Waals surface area contributed by atoms with Gasteiger partial charge in [-0.1, -0.05) is 19.1 Å². The van der Waals surface area contributed by atoms with Gasteiger partial charge < -0.3 is 10.6 Å². The van der Waals surface area contributed by atoms with Crippen molar-refractivity contribution in [2.24, 2.45) is 5.73 Å². The van der Waals surface area contributed by atoms with Gasteiger partial charge in [-0.3, -0.25) is 4.79 Å². The van der Waals surface area contributed by atoms with E-state index in [0.717, 1.165) is 18.5 Å². The van der Waals surface area contributed by atoms with Gasteiger partial charge in [0.2, 0.25) is 5.91 Å². The molecule has 0 radical (unpaired) electrons. The number of nitrogens with two attached hydrogens (primary N) is 1. The van der Waals surface area contributed by atoms with Gasteiger partial charge in [-0.15, -0.1) is 0 Å². The quantitative estimate of drug-likeness (QED) is 0.849. The molecule has 1 unspecified atom stereocenters. The first-order chi connectivity index (χ1) is 9.06. The molecule has 4 nitrogen and oxygen atoms in total. The molecule has 0 saturated heterocycles. The number of carbonyl (C=O) groups is 1. The minimum Gasteiger partial charge on any atom is -0.338 e. The Balaban J connectivity index is 2.71. The highest BCUT2D eigenvalue weighted by molar-refractivity contribution is 5.76. The molecule has 102 valence electrons. The van der Waals surface area contributed by atoms with Gasteiger partial charge in [0.15, 0.2) is 0 Å². The Morgan fingerprint density at radius 1 is 1.42 bits per heavy atom. The maximum atomic E-state index is 12.1. The van der Waals surface area contributed by atoms with Gasteiger partial charge in [-0.2, -0.15) is 5.26 Å². The summed E-state index contributed by atoms with van der Waals surface area (Å²) >= 11 is 0. The average Bonchev–Trinajstić information content (AvgIpc) is 2.38. The number of amides is 1. The van der Waals surface area contributed by atoms with E-state index in [9.17, 15) is 4.79 Å². The highest BCUT2D eigenvalue weighted by atomic mass is 16.2. The second-order valence-electron chi connectivity index (χ2n) is 4.81. The highest BCUT2D eigenvalue weighted by Crippen LogP contribution is 2.09. The summed E-state index contributed by atoms with van der Waals surface area (Å²) in [6.07, 6.45) is 1.29. The van der Waals surface area contributed by atoms with E-state index in [2.05, 4.69) is 6.07 Å². The number of nitriles is 1. The molecule has 2 N–H and O–H groups in total. The van der Waals surface area contributed by atoms with Crippen molar-refractivity contribution in [2.45, 2.75) is 39.3 Å². The van der Waals surface area contributed by atoms with Crippen LogP contribution >= 0.6 is 0 Å². The topological polar surface area (TPSA) is 70.1 Å². The van der Waals surface area contributed by atoms with Crippen molar-refractivity contribution >= 4 is 5.91 Å². The monoisotopic (exact) mass is 259 g/mol. The number of nitrogens with zero attached hydrogens (tertiary/aromatic N) is 2. The van der Waals surface area contributed by atoms with Crippen LogP contribution in [0.3, 0.4) is 0 Å². The van der Waals surface area contributed by atoms with Crippen molar-refractivity contribution in [1.82, 2.24) is 4.90 Å². The third-order valence-corrected chi connectivity index (χ3v) is 2.80. The minimum atomic E-state index is -0.118. The highest BCUT2D eigenvalue weighted by Gasteiger charge is 2.14. The Labute approximate surface area is 114 Å². The summed E-state index contributed by atoms with van der Waals surface area (Å²) in [6.45, 7) is 5.19. The molecule has 0 aliphatic heterocycles. The van der Waals surface area contributed by atoms with Crippen molar-refractivity contribution in [2.75, 3.05) is 6.54 Å². The van der Waals surface area contributed by atoms with Gasteiger partial charge in [0, 0.05) is 25.6 Å². The van der Waals surface area contributed by atoms with E-state index in [1.807, 2.05) is 30.9 Å². The maximum absolute atomic E-state index is 12.1. The van der Waals surface area contributed by atoms with Gasteiger partial charge in [0.25, 0.3) is 0 Å². The van der Waals surface area contributed by atoms with Crippen LogP contribution in [0.5, 0.6) is 0 Å². The fourth-order valence-corrected chi connectivity index (χ4v) is 1.87. The Hall–Kier alpha value is -1.86. The van der Waals surface area contributed by atoms with Crippen LogP contribution in [0, 0.1) is 11.3 Å². The van der Waals surface area contributed by atoms with Crippen molar-refractivity contribution < 1.29 is 4.79 Å². The van der Waals surface area contributed by atoms with E-state index >= 15 is 0 Å². The molecule has 1 aromatic rings. The lowest BCUT2D eigenvalue weighted by Gasteiger charge is -2.23. The van der Waals surface area contributed by atoms with Gasteiger partial charge in [-0.25, -0.2) is 0 Å². The van der Waals surface area contributed by atoms with Gasteiger partial charge in [0.05, 0.1) is 11.6 Å². The first-order valence-corrected chi connectivity index (χ1v) is 6.59. The second-order valence-corrected chi connectivity index (χ2v) is 4.81. The van der Waals surface area contributed by atoms with E-state index < -0.39 is 0 Å². The fourth-order valence-electron chi connectivity index (χ4n) is 1.87. The molecule has 0 aliphatic carbocycles. The van der Waals surface area contributed by atoms with Gasteiger partial charge in [0.1, 0.15) is 0 Å². The summed E-state index contributed by atoms with van der Waals surface area (Å²) in [7, 11) is 0. The van der Waals surface area contributed by atoms with Crippen LogP contribution < -0.4 is 5.73 Å². The first-order valence-electron chi connectivity index (χ1n) is 6.59. The number of hydrogen-bond donors (Lipinski definition) is 1. The fraction of sp³-hybridized carbons (Fsp3) is 0.467. The molecule has 1 amide bonds. The van der Waals surface area contributed by atoms with E-state index in [4.69, 9.17) is 11.0 Å². The lowest BCUT2D eigenvalue weighted by atomic mass is 10.1. The van der Waals surface area contributed by atoms with E-state index in [1.165, 1.54) is 0 Å². The second kappa shape index (κ2) is 7.55. The smallest absolute Gasteiger partial charge is 0.224 e. The Morgan fingerprint density at radius 3 is 2.53 bits per heavy atom. The molecule has 0 aromatic heterocycles. The molecule has 0 bridgehead atoms. The third kappa shape index (κ3) is 5.11. The summed E-state index contributed by atoms with van der Waals surface area (Å²) in [5, 5.41) is 8.75. The van der Waals surface area contributed by atoms with Crippen LogP contribution in [0.1, 0.15) is 37.8 Å². The molecule has 1 rings (SSSR count). The molecule has 19 heavy (non-hydrogen) atoms. The van der Waals surface area contributed by atoms with Crippen LogP contribution in [0.4, 0.5) is 0 Å². The lowest BCUT2D eigenvalue weighted by molar-refractivity contribution is -0.132. The van der Waals surface area contributed by atoms with Gasteiger partial charge in [-0.05, 0) is 31.0 Å². The molecule has 0 aliphatic rings. The van der Waals surface area contributed by atoms with Crippen LogP contribution in [0.25, 0.3) is 0 Å². The van der Waals surface area contributed by atoms with Crippen LogP contribution in [0.15, 0.2) is 24.3 Å². The Kier molecular flexibility index (Phi) is 6.04. The zero-order valence-electron chi connectivity index (χ0n) is 11.6. The molecule has 0 heterocycles. The van der Waals surface area contributed by atoms with Crippen LogP contribution in [-0.2, 0) is 11.3 Å². The number of carbonyl (C=O) groups excluding carboxylic acids is 1. The van der Waals surface area contributed by atoms with Crippen molar-refractivity contribution in [3.05, 3.63) is 35.4 Å². The minimum absolute atomic E-state index is 0.0845. The van der Waals surface area contributed by atoms with Crippen molar-refractivity contribution in [3.63, 3.8) is 0 Å². The third-order valence-electron chi connectivity index (χ3n) is 2.80. The average molecular weight is 259 g/mol. The zero-order chi connectivity index (χ0) is 14.3. The number of benzene rings is 1. The summed E-state index contributed by atoms with van der Waals surface area (Å²) in [5.41, 5.74) is 7.34. The molecule has 1 aromatic carbocycles. The van der Waals surface area contributed by atoms with Crippen molar-refractivity contribution in [3.8, 4) is 6.07 Å². The lowest BCUT2D eigenvalue weighted by Crippen LogP contribution is -2.35. The summed E-state index contributed by atoms with van der Waals surface area (Å²) in [6, 6.07) is 9.29. The zero-order valence-corrected chi connectivity index (χ0v) is 11.6. The van der Waals surface area contributed by atoms with Crippen LogP contribution in [0.2, 0.25) is 0 Å². The maximum Gasteiger partial charge on any atom is 0.224 e. The first kappa shape index (κ1) is 15.2. The molecule has 1 atom stereocenters. The van der Waals surface area contributed by atoms with Gasteiger partial charge >= 0.3 is 0 Å². The van der Waals surface area contributed by atoms with E-state index in [1.54, 1.807) is 12.1 Å². The molecular weight excluding hydrogens is 238 g/mol. The SMILES string of the molecule is CCCN(Cc1ccc(C#N)cc1)C(=O)CC(C)N. The summed E-state index contributed by atoms with van der Waals surface area (Å²) in [5.74, 6) is 0.0845. The number of hydrogen-bond acceptors (Lipinski definition) is 3. The van der Waals surface area contributed by atoms with Crippen molar-refractivity contribution in [1.29, 1.82) is 5.26 Å². The normalized spacial score (nSPS) is 11.7. The molecule has 0 saturated carbocycles. The van der Waals surface area contributed by atoms with E-state index in [0.29, 0.717) is 18.5 Å². The molecular formula is C15H21N3O. The standard InChI is InChI=1S/C15H21N3O/c1-3-8-18(15(19)9-12(2)17)11-14-6-4-13(10-16)5-7-14/h4-7,12H,3,8-9,11,17H2,1-2H3. The predicted molar refractivity (Wildman–Crippen MR) is 75.1 cm³/mol. The molecule has 0 spiro atoms. The Bertz CT molecular complexity index is 445. The van der Waals surface area contributed by atoms with Crippen LogP contribution in [-0.4, -0.2) is 23.4 Å². The summed E-state index contributed by atoms with van der Waals surface area (Å²) in [4.78, 5) is 13.9. The Morgan fingerprint density at radius 2 is 2.05 bits per heavy atom. The number of rotatable bonds is 6. The molecule has 0 fully saturated rings. The summed E-state index contributed by atoms with van der Waals surface area (Å²) < 4.78 is 0.